The Morgan fingerprint density at radius 1 is 0.714 bits per heavy atom. The number of aromatic hydroxyl groups is 3. The van der Waals surface area contributed by atoms with Gasteiger partial charge >= 0.3 is 0 Å². The molecule has 3 rings (SSSR count). The Morgan fingerprint density at radius 3 is 1.95 bits per heavy atom. The first-order chi connectivity index (χ1) is 10.0. The maximum Gasteiger partial charge on any atom is 0.164 e. The molecule has 0 heterocycles. The number of carbonyl (C=O) groups excluding carboxylic acids is 1. The van der Waals surface area contributed by atoms with Crippen LogP contribution in [-0.2, 0) is 4.79 Å². The smallest absolute Gasteiger partial charge is 0.164 e. The number of rotatable bonds is 2. The standard InChI is InChI=1S/C17H14O4/c18-12-3-1-10(2-4-12)15-5-6-16(21)17(15)11-7-13(19)9-14(20)8-11/h1-4,7-9,18-20H,5-6H2. The van der Waals surface area contributed by atoms with Crippen LogP contribution in [0.2, 0.25) is 0 Å². The average Bonchev–Trinajstić information content (AvgIpc) is 2.80. The second kappa shape index (κ2) is 4.98. The number of allylic oxidation sites excluding steroid dienone is 2. The van der Waals surface area contributed by atoms with Gasteiger partial charge in [-0.25, -0.2) is 0 Å². The molecule has 0 saturated carbocycles. The molecule has 0 bridgehead atoms. The van der Waals surface area contributed by atoms with Crippen molar-refractivity contribution in [2.75, 3.05) is 0 Å². The predicted octanol–water partition coefficient (Wildman–Crippen LogP) is 3.08. The highest BCUT2D eigenvalue weighted by Gasteiger charge is 2.25. The molecule has 0 amide bonds. The number of hydrogen-bond donors (Lipinski definition) is 3. The lowest BCUT2D eigenvalue weighted by Gasteiger charge is -2.08. The van der Waals surface area contributed by atoms with Gasteiger partial charge in [-0.3, -0.25) is 4.79 Å². The fourth-order valence-electron chi connectivity index (χ4n) is 2.68. The van der Waals surface area contributed by atoms with E-state index in [0.717, 1.165) is 11.1 Å². The zero-order chi connectivity index (χ0) is 15.0. The van der Waals surface area contributed by atoms with Crippen LogP contribution >= 0.6 is 0 Å². The van der Waals surface area contributed by atoms with E-state index in [1.54, 1.807) is 24.3 Å². The van der Waals surface area contributed by atoms with Gasteiger partial charge in [-0.05, 0) is 47.4 Å². The fraction of sp³-hybridized carbons (Fsp3) is 0.118. The van der Waals surface area contributed by atoms with Crippen LogP contribution in [0.15, 0.2) is 42.5 Å². The molecular formula is C17H14O4. The molecule has 3 N–H and O–H groups in total. The summed E-state index contributed by atoms with van der Waals surface area (Å²) in [6, 6.07) is 10.8. The van der Waals surface area contributed by atoms with Gasteiger partial charge in [0, 0.05) is 18.1 Å². The van der Waals surface area contributed by atoms with Crippen LogP contribution in [0.5, 0.6) is 17.2 Å². The largest absolute Gasteiger partial charge is 0.508 e. The van der Waals surface area contributed by atoms with E-state index in [-0.39, 0.29) is 23.0 Å². The van der Waals surface area contributed by atoms with Crippen molar-refractivity contribution < 1.29 is 20.1 Å². The van der Waals surface area contributed by atoms with Gasteiger partial charge in [-0.2, -0.15) is 0 Å². The molecule has 0 spiro atoms. The SMILES string of the molecule is O=C1CCC(c2ccc(O)cc2)=C1c1cc(O)cc(O)c1. The van der Waals surface area contributed by atoms with Crippen LogP contribution in [0.25, 0.3) is 11.1 Å². The van der Waals surface area contributed by atoms with Crippen LogP contribution in [0.1, 0.15) is 24.0 Å². The molecule has 21 heavy (non-hydrogen) atoms. The van der Waals surface area contributed by atoms with E-state index in [2.05, 4.69) is 0 Å². The minimum absolute atomic E-state index is 0.0110. The Labute approximate surface area is 121 Å². The number of carbonyl (C=O) groups is 1. The molecule has 1 aliphatic carbocycles. The summed E-state index contributed by atoms with van der Waals surface area (Å²) in [4.78, 5) is 12.2. The third-order valence-corrected chi connectivity index (χ3v) is 3.59. The van der Waals surface area contributed by atoms with Crippen molar-refractivity contribution in [2.24, 2.45) is 0 Å². The Bertz CT molecular complexity index is 722. The lowest BCUT2D eigenvalue weighted by Crippen LogP contribution is -1.96. The summed E-state index contributed by atoms with van der Waals surface area (Å²) >= 11 is 0. The van der Waals surface area contributed by atoms with Gasteiger partial charge in [-0.1, -0.05) is 12.1 Å². The van der Waals surface area contributed by atoms with Crippen molar-refractivity contribution >= 4 is 16.9 Å². The first-order valence-corrected chi connectivity index (χ1v) is 6.64. The van der Waals surface area contributed by atoms with Crippen molar-refractivity contribution in [3.05, 3.63) is 53.6 Å². The summed E-state index contributed by atoms with van der Waals surface area (Å²) in [5.41, 5.74) is 2.76. The van der Waals surface area contributed by atoms with Crippen molar-refractivity contribution in [3.8, 4) is 17.2 Å². The molecule has 0 radical (unpaired) electrons. The molecule has 0 unspecified atom stereocenters. The number of benzene rings is 2. The second-order valence-corrected chi connectivity index (χ2v) is 5.06. The Kier molecular flexibility index (Phi) is 3.14. The molecule has 2 aromatic carbocycles. The highest BCUT2D eigenvalue weighted by Crippen LogP contribution is 2.39. The first kappa shape index (κ1) is 13.2. The maximum absolute atomic E-state index is 12.2. The molecule has 106 valence electrons. The lowest BCUT2D eigenvalue weighted by molar-refractivity contribution is -0.113. The van der Waals surface area contributed by atoms with Crippen LogP contribution < -0.4 is 0 Å². The molecular weight excluding hydrogens is 268 g/mol. The number of hydrogen-bond acceptors (Lipinski definition) is 4. The topological polar surface area (TPSA) is 77.8 Å². The van der Waals surface area contributed by atoms with E-state index in [1.807, 2.05) is 0 Å². The highest BCUT2D eigenvalue weighted by atomic mass is 16.3. The predicted molar refractivity (Wildman–Crippen MR) is 78.9 cm³/mol. The van der Waals surface area contributed by atoms with Crippen molar-refractivity contribution in [2.45, 2.75) is 12.8 Å². The first-order valence-electron chi connectivity index (χ1n) is 6.64. The summed E-state index contributed by atoms with van der Waals surface area (Å²) < 4.78 is 0. The Hall–Kier alpha value is -2.75. The molecule has 1 aliphatic rings. The Balaban J connectivity index is 2.17. The minimum Gasteiger partial charge on any atom is -0.508 e. The molecule has 4 nitrogen and oxygen atoms in total. The summed E-state index contributed by atoms with van der Waals surface area (Å²) in [5, 5.41) is 28.6. The average molecular weight is 282 g/mol. The van der Waals surface area contributed by atoms with E-state index in [9.17, 15) is 20.1 Å². The molecule has 4 heteroatoms. The lowest BCUT2D eigenvalue weighted by atomic mass is 9.96. The van der Waals surface area contributed by atoms with Crippen LogP contribution in [-0.4, -0.2) is 21.1 Å². The van der Waals surface area contributed by atoms with Crippen molar-refractivity contribution in [1.82, 2.24) is 0 Å². The number of Topliss-reactive ketones (excluding diaryl/α,β-unsaturated/α-hetero) is 1. The molecule has 0 aliphatic heterocycles. The summed E-state index contributed by atoms with van der Waals surface area (Å²) in [5.74, 6) is -0.00666. The quantitative estimate of drug-likeness (QED) is 0.791. The summed E-state index contributed by atoms with van der Waals surface area (Å²) in [6.45, 7) is 0. The van der Waals surface area contributed by atoms with E-state index in [0.29, 0.717) is 24.0 Å². The highest BCUT2D eigenvalue weighted by molar-refractivity contribution is 6.31. The monoisotopic (exact) mass is 282 g/mol. The third-order valence-electron chi connectivity index (χ3n) is 3.59. The summed E-state index contributed by atoms with van der Waals surface area (Å²) in [6.07, 6.45) is 1.01. The third kappa shape index (κ3) is 2.48. The number of phenols is 3. The zero-order valence-electron chi connectivity index (χ0n) is 11.2. The maximum atomic E-state index is 12.2. The zero-order valence-corrected chi connectivity index (χ0v) is 11.2. The second-order valence-electron chi connectivity index (χ2n) is 5.06. The van der Waals surface area contributed by atoms with Gasteiger partial charge < -0.3 is 15.3 Å². The summed E-state index contributed by atoms with van der Waals surface area (Å²) in [7, 11) is 0. The van der Waals surface area contributed by atoms with Gasteiger partial charge in [0.1, 0.15) is 17.2 Å². The van der Waals surface area contributed by atoms with Gasteiger partial charge in [0.05, 0.1) is 0 Å². The van der Waals surface area contributed by atoms with E-state index in [1.165, 1.54) is 18.2 Å². The van der Waals surface area contributed by atoms with Crippen LogP contribution in [0.4, 0.5) is 0 Å². The van der Waals surface area contributed by atoms with Crippen molar-refractivity contribution in [1.29, 1.82) is 0 Å². The van der Waals surface area contributed by atoms with E-state index >= 15 is 0 Å². The normalized spacial score (nSPS) is 14.8. The van der Waals surface area contributed by atoms with Gasteiger partial charge in [0.2, 0.25) is 0 Å². The fourth-order valence-corrected chi connectivity index (χ4v) is 2.68. The van der Waals surface area contributed by atoms with Gasteiger partial charge in [-0.15, -0.1) is 0 Å². The van der Waals surface area contributed by atoms with Crippen LogP contribution in [0.3, 0.4) is 0 Å². The Morgan fingerprint density at radius 2 is 1.33 bits per heavy atom. The van der Waals surface area contributed by atoms with E-state index < -0.39 is 0 Å². The van der Waals surface area contributed by atoms with Gasteiger partial charge in [0.15, 0.2) is 5.78 Å². The molecule has 0 saturated heterocycles. The molecule has 2 aromatic rings. The molecule has 0 fully saturated rings. The van der Waals surface area contributed by atoms with Crippen molar-refractivity contribution in [3.63, 3.8) is 0 Å². The molecule has 0 atom stereocenters. The minimum atomic E-state index is -0.0812. The molecule has 0 aromatic heterocycles. The van der Waals surface area contributed by atoms with Gasteiger partial charge in [0.25, 0.3) is 0 Å². The number of phenolic OH excluding ortho intramolecular Hbond substituents is 3. The van der Waals surface area contributed by atoms with Crippen LogP contribution in [0, 0.1) is 0 Å². The van der Waals surface area contributed by atoms with E-state index in [4.69, 9.17) is 0 Å². The number of ketones is 1.